The first-order valence-electron chi connectivity index (χ1n) is 4.40. The molecule has 0 saturated heterocycles. The largest absolute Gasteiger partial charge is 0.319 e. The van der Waals surface area contributed by atoms with Gasteiger partial charge in [-0.15, -0.1) is 0 Å². The number of Topliss-reactive ketones (excluding diaryl/α,β-unsaturated/α-hetero) is 1. The summed E-state index contributed by atoms with van der Waals surface area (Å²) in [4.78, 5) is 11.2. The highest BCUT2D eigenvalue weighted by Crippen LogP contribution is 2.40. The van der Waals surface area contributed by atoms with Gasteiger partial charge in [0.25, 0.3) is 0 Å². The quantitative estimate of drug-likeness (QED) is 0.646. The molecule has 0 amide bonds. The molecule has 2 nitrogen and oxygen atoms in total. The molecule has 1 fully saturated rings. The van der Waals surface area contributed by atoms with Crippen molar-refractivity contribution in [1.82, 2.24) is 5.32 Å². The van der Waals surface area contributed by atoms with Gasteiger partial charge in [-0.2, -0.15) is 0 Å². The molecule has 1 saturated carbocycles. The molecule has 1 N–H and O–H groups in total. The smallest absolute Gasteiger partial charge is 0.134 e. The maximum atomic E-state index is 11.2. The van der Waals surface area contributed by atoms with E-state index < -0.39 is 0 Å². The van der Waals surface area contributed by atoms with Gasteiger partial charge in [0.15, 0.2) is 0 Å². The number of ketones is 1. The van der Waals surface area contributed by atoms with Crippen LogP contribution >= 0.6 is 0 Å². The first-order valence-corrected chi connectivity index (χ1v) is 4.40. The Kier molecular flexibility index (Phi) is 3.06. The van der Waals surface area contributed by atoms with E-state index in [1.165, 1.54) is 6.42 Å². The minimum Gasteiger partial charge on any atom is -0.319 e. The average Bonchev–Trinajstić information content (AvgIpc) is 2.62. The van der Waals surface area contributed by atoms with Crippen molar-refractivity contribution in [2.24, 2.45) is 11.8 Å². The number of rotatable bonds is 5. The summed E-state index contributed by atoms with van der Waals surface area (Å²) in [5.74, 6) is 1.96. The van der Waals surface area contributed by atoms with Crippen LogP contribution in [-0.2, 0) is 4.79 Å². The molecule has 2 atom stereocenters. The Morgan fingerprint density at radius 2 is 2.27 bits per heavy atom. The minimum absolute atomic E-state index is 0.425. The topological polar surface area (TPSA) is 29.1 Å². The van der Waals surface area contributed by atoms with E-state index in [4.69, 9.17) is 0 Å². The van der Waals surface area contributed by atoms with Gasteiger partial charge >= 0.3 is 0 Å². The van der Waals surface area contributed by atoms with E-state index in [1.54, 1.807) is 0 Å². The zero-order chi connectivity index (χ0) is 8.27. The van der Waals surface area contributed by atoms with Crippen molar-refractivity contribution in [3.63, 3.8) is 0 Å². The van der Waals surface area contributed by atoms with Crippen molar-refractivity contribution in [3.05, 3.63) is 0 Å². The van der Waals surface area contributed by atoms with Crippen LogP contribution in [-0.4, -0.2) is 19.4 Å². The van der Waals surface area contributed by atoms with Crippen LogP contribution in [0.3, 0.4) is 0 Å². The summed E-state index contributed by atoms with van der Waals surface area (Å²) < 4.78 is 0. The van der Waals surface area contributed by atoms with Gasteiger partial charge in [0.2, 0.25) is 0 Å². The standard InChI is InChI=1S/C9H17NO/c1-7-5-8(7)6-9(11)3-4-10-2/h7-8,10H,3-6H2,1-2H3. The molecule has 0 aromatic rings. The summed E-state index contributed by atoms with van der Waals surface area (Å²) in [6.45, 7) is 3.05. The van der Waals surface area contributed by atoms with Crippen LogP contribution < -0.4 is 5.32 Å². The number of nitrogens with one attached hydrogen (secondary N) is 1. The normalized spacial score (nSPS) is 28.5. The highest BCUT2D eigenvalue weighted by molar-refractivity contribution is 5.79. The van der Waals surface area contributed by atoms with Gasteiger partial charge in [-0.25, -0.2) is 0 Å². The first kappa shape index (κ1) is 8.72. The van der Waals surface area contributed by atoms with Gasteiger partial charge in [0, 0.05) is 19.4 Å². The summed E-state index contributed by atoms with van der Waals surface area (Å²) >= 11 is 0. The van der Waals surface area contributed by atoms with E-state index in [1.807, 2.05) is 7.05 Å². The molecular weight excluding hydrogens is 138 g/mol. The molecule has 1 aliphatic carbocycles. The Hall–Kier alpha value is -0.370. The Labute approximate surface area is 68.4 Å². The second-order valence-electron chi connectivity index (χ2n) is 3.57. The van der Waals surface area contributed by atoms with Crippen LogP contribution in [0.2, 0.25) is 0 Å². The Morgan fingerprint density at radius 3 is 2.73 bits per heavy atom. The number of carbonyl (C=O) groups excluding carboxylic acids is 1. The predicted molar refractivity (Wildman–Crippen MR) is 45.4 cm³/mol. The van der Waals surface area contributed by atoms with Crippen LogP contribution in [0.25, 0.3) is 0 Å². The van der Waals surface area contributed by atoms with E-state index in [9.17, 15) is 4.79 Å². The van der Waals surface area contributed by atoms with E-state index in [2.05, 4.69) is 12.2 Å². The molecule has 0 radical (unpaired) electrons. The van der Waals surface area contributed by atoms with Crippen molar-refractivity contribution in [1.29, 1.82) is 0 Å². The fourth-order valence-corrected chi connectivity index (χ4v) is 1.34. The van der Waals surface area contributed by atoms with Gasteiger partial charge in [0.1, 0.15) is 5.78 Å². The van der Waals surface area contributed by atoms with Crippen LogP contribution in [0.4, 0.5) is 0 Å². The molecule has 11 heavy (non-hydrogen) atoms. The van der Waals surface area contributed by atoms with Crippen LogP contribution in [0.5, 0.6) is 0 Å². The van der Waals surface area contributed by atoms with Crippen LogP contribution in [0.15, 0.2) is 0 Å². The Bertz CT molecular complexity index is 144. The molecule has 0 aromatic heterocycles. The van der Waals surface area contributed by atoms with Crippen molar-refractivity contribution >= 4 is 5.78 Å². The van der Waals surface area contributed by atoms with Crippen molar-refractivity contribution in [2.75, 3.05) is 13.6 Å². The minimum atomic E-state index is 0.425. The molecule has 1 rings (SSSR count). The highest BCUT2D eigenvalue weighted by Gasteiger charge is 2.33. The second kappa shape index (κ2) is 3.86. The first-order chi connectivity index (χ1) is 5.24. The Balaban J connectivity index is 2.02. The number of hydrogen-bond acceptors (Lipinski definition) is 2. The molecular formula is C9H17NO. The van der Waals surface area contributed by atoms with Crippen molar-refractivity contribution in [3.8, 4) is 0 Å². The molecule has 2 unspecified atom stereocenters. The van der Waals surface area contributed by atoms with Crippen LogP contribution in [0.1, 0.15) is 26.2 Å². The fourth-order valence-electron chi connectivity index (χ4n) is 1.34. The lowest BCUT2D eigenvalue weighted by molar-refractivity contribution is -0.119. The van der Waals surface area contributed by atoms with Gasteiger partial charge in [-0.1, -0.05) is 6.92 Å². The number of carbonyl (C=O) groups is 1. The van der Waals surface area contributed by atoms with Gasteiger partial charge in [-0.3, -0.25) is 4.79 Å². The third kappa shape index (κ3) is 3.02. The van der Waals surface area contributed by atoms with Gasteiger partial charge in [0.05, 0.1) is 0 Å². The average molecular weight is 155 g/mol. The molecule has 1 aliphatic rings. The van der Waals surface area contributed by atoms with E-state index in [-0.39, 0.29) is 0 Å². The molecule has 2 heteroatoms. The highest BCUT2D eigenvalue weighted by atomic mass is 16.1. The van der Waals surface area contributed by atoms with Gasteiger partial charge < -0.3 is 5.32 Å². The number of hydrogen-bond donors (Lipinski definition) is 1. The zero-order valence-corrected chi connectivity index (χ0v) is 7.39. The fraction of sp³-hybridized carbons (Fsp3) is 0.889. The molecule has 0 spiro atoms. The SMILES string of the molecule is CNCCC(=O)CC1CC1C. The predicted octanol–water partition coefficient (Wildman–Crippen LogP) is 1.21. The van der Waals surface area contributed by atoms with E-state index in [0.29, 0.717) is 12.2 Å². The summed E-state index contributed by atoms with van der Waals surface area (Å²) in [5.41, 5.74) is 0. The molecule has 0 bridgehead atoms. The maximum absolute atomic E-state index is 11.2. The maximum Gasteiger partial charge on any atom is 0.134 e. The summed E-state index contributed by atoms with van der Waals surface area (Å²) in [5, 5.41) is 2.98. The lowest BCUT2D eigenvalue weighted by atomic mass is 10.1. The molecule has 0 aromatic carbocycles. The van der Waals surface area contributed by atoms with Gasteiger partial charge in [-0.05, 0) is 25.3 Å². The second-order valence-corrected chi connectivity index (χ2v) is 3.57. The van der Waals surface area contributed by atoms with Crippen molar-refractivity contribution in [2.45, 2.75) is 26.2 Å². The third-order valence-corrected chi connectivity index (χ3v) is 2.42. The van der Waals surface area contributed by atoms with Crippen LogP contribution in [0, 0.1) is 11.8 Å². The molecule has 64 valence electrons. The summed E-state index contributed by atoms with van der Waals surface area (Å²) in [6.07, 6.45) is 2.80. The summed E-state index contributed by atoms with van der Waals surface area (Å²) in [7, 11) is 1.88. The van der Waals surface area contributed by atoms with E-state index >= 15 is 0 Å². The zero-order valence-electron chi connectivity index (χ0n) is 7.39. The lowest BCUT2D eigenvalue weighted by Gasteiger charge is -1.97. The molecule has 0 heterocycles. The molecule has 0 aliphatic heterocycles. The Morgan fingerprint density at radius 1 is 1.64 bits per heavy atom. The monoisotopic (exact) mass is 155 g/mol. The third-order valence-electron chi connectivity index (χ3n) is 2.42. The lowest BCUT2D eigenvalue weighted by Crippen LogP contribution is -2.13. The van der Waals surface area contributed by atoms with Crippen molar-refractivity contribution < 1.29 is 4.79 Å². The van der Waals surface area contributed by atoms with E-state index in [0.717, 1.165) is 24.8 Å². The summed E-state index contributed by atoms with van der Waals surface area (Å²) in [6, 6.07) is 0.